The van der Waals surface area contributed by atoms with Gasteiger partial charge in [-0.25, -0.2) is 0 Å². The average molecular weight is 332 g/mol. The van der Waals surface area contributed by atoms with Gasteiger partial charge in [-0.15, -0.1) is 0 Å². The highest BCUT2D eigenvalue weighted by molar-refractivity contribution is 6.30. The topological polar surface area (TPSA) is 21.7 Å². The summed E-state index contributed by atoms with van der Waals surface area (Å²) in [7, 11) is 1.70. The zero-order chi connectivity index (χ0) is 16.2. The molecule has 23 heavy (non-hydrogen) atoms. The SMILES string of the molecule is COc1ccc(CC2CCON2Cc2ccc(Cl)cc2)c(C)c1. The highest BCUT2D eigenvalue weighted by Gasteiger charge is 2.26. The van der Waals surface area contributed by atoms with Gasteiger partial charge in [0.1, 0.15) is 5.75 Å². The Kier molecular flexibility index (Phi) is 5.21. The molecule has 1 aliphatic rings. The average Bonchev–Trinajstić information content (AvgIpc) is 2.98. The first-order valence-electron chi connectivity index (χ1n) is 7.93. The van der Waals surface area contributed by atoms with Crippen molar-refractivity contribution in [2.45, 2.75) is 32.4 Å². The molecule has 0 N–H and O–H groups in total. The maximum Gasteiger partial charge on any atom is 0.119 e. The number of benzene rings is 2. The Morgan fingerprint density at radius 3 is 2.70 bits per heavy atom. The van der Waals surface area contributed by atoms with Crippen molar-refractivity contribution in [2.75, 3.05) is 13.7 Å². The monoisotopic (exact) mass is 331 g/mol. The van der Waals surface area contributed by atoms with Crippen molar-refractivity contribution in [3.05, 3.63) is 64.2 Å². The minimum absolute atomic E-state index is 0.401. The fourth-order valence-corrected chi connectivity index (χ4v) is 3.11. The zero-order valence-corrected chi connectivity index (χ0v) is 14.3. The largest absolute Gasteiger partial charge is 0.497 e. The van der Waals surface area contributed by atoms with Gasteiger partial charge in [0.25, 0.3) is 0 Å². The molecule has 2 aromatic carbocycles. The summed E-state index contributed by atoms with van der Waals surface area (Å²) in [6, 6.07) is 14.6. The number of hydroxylamine groups is 2. The highest BCUT2D eigenvalue weighted by Crippen LogP contribution is 2.25. The first-order valence-corrected chi connectivity index (χ1v) is 8.31. The van der Waals surface area contributed by atoms with E-state index in [9.17, 15) is 0 Å². The Bertz CT molecular complexity index is 657. The third-order valence-corrected chi connectivity index (χ3v) is 4.62. The predicted octanol–water partition coefficient (Wildman–Crippen LogP) is 4.41. The van der Waals surface area contributed by atoms with Gasteiger partial charge in [-0.05, 0) is 60.7 Å². The molecule has 0 saturated carbocycles. The van der Waals surface area contributed by atoms with Crippen molar-refractivity contribution in [3.63, 3.8) is 0 Å². The molecule has 1 atom stereocenters. The predicted molar refractivity (Wildman–Crippen MR) is 92.8 cm³/mol. The molecule has 2 aromatic rings. The summed E-state index contributed by atoms with van der Waals surface area (Å²) >= 11 is 5.95. The molecule has 3 nitrogen and oxygen atoms in total. The number of hydrogen-bond acceptors (Lipinski definition) is 3. The molecule has 0 aliphatic carbocycles. The lowest BCUT2D eigenvalue weighted by molar-refractivity contribution is -0.139. The molecule has 0 spiro atoms. The first kappa shape index (κ1) is 16.3. The van der Waals surface area contributed by atoms with Crippen molar-refractivity contribution in [1.82, 2.24) is 5.06 Å². The minimum atomic E-state index is 0.401. The number of hydrogen-bond donors (Lipinski definition) is 0. The standard InChI is InChI=1S/C19H22ClNO2/c1-14-11-19(22-2)8-5-16(14)12-18-9-10-23-21(18)13-15-3-6-17(20)7-4-15/h3-8,11,18H,9-10,12-13H2,1-2H3. The van der Waals surface area contributed by atoms with E-state index in [2.05, 4.69) is 36.3 Å². The summed E-state index contributed by atoms with van der Waals surface area (Å²) in [4.78, 5) is 5.83. The second kappa shape index (κ2) is 7.35. The number of rotatable bonds is 5. The van der Waals surface area contributed by atoms with E-state index in [0.29, 0.717) is 6.04 Å². The van der Waals surface area contributed by atoms with Gasteiger partial charge in [-0.3, -0.25) is 4.84 Å². The summed E-state index contributed by atoms with van der Waals surface area (Å²) in [5, 5.41) is 2.87. The van der Waals surface area contributed by atoms with E-state index < -0.39 is 0 Å². The van der Waals surface area contributed by atoms with Crippen LogP contribution in [0.15, 0.2) is 42.5 Å². The lowest BCUT2D eigenvalue weighted by atomic mass is 9.99. The van der Waals surface area contributed by atoms with Gasteiger partial charge in [0.15, 0.2) is 0 Å². The van der Waals surface area contributed by atoms with Crippen molar-refractivity contribution in [1.29, 1.82) is 0 Å². The van der Waals surface area contributed by atoms with Gasteiger partial charge in [-0.2, -0.15) is 5.06 Å². The van der Waals surface area contributed by atoms with Crippen LogP contribution in [0.3, 0.4) is 0 Å². The Labute approximate surface area is 142 Å². The Balaban J connectivity index is 1.68. The number of halogens is 1. The highest BCUT2D eigenvalue weighted by atomic mass is 35.5. The molecule has 1 heterocycles. The van der Waals surface area contributed by atoms with Gasteiger partial charge >= 0.3 is 0 Å². The van der Waals surface area contributed by atoms with E-state index in [1.165, 1.54) is 16.7 Å². The maximum absolute atomic E-state index is 5.95. The van der Waals surface area contributed by atoms with Gasteiger partial charge in [0, 0.05) is 17.6 Å². The van der Waals surface area contributed by atoms with Crippen LogP contribution >= 0.6 is 11.6 Å². The van der Waals surface area contributed by atoms with Crippen LogP contribution in [0.1, 0.15) is 23.1 Å². The van der Waals surface area contributed by atoms with Crippen LogP contribution in [-0.2, 0) is 17.8 Å². The van der Waals surface area contributed by atoms with Crippen LogP contribution in [0, 0.1) is 6.92 Å². The molecule has 1 fully saturated rings. The molecule has 122 valence electrons. The maximum atomic E-state index is 5.95. The van der Waals surface area contributed by atoms with Crippen LogP contribution in [0.5, 0.6) is 5.75 Å². The number of aryl methyl sites for hydroxylation is 1. The summed E-state index contributed by atoms with van der Waals surface area (Å²) < 4.78 is 5.28. The zero-order valence-electron chi connectivity index (χ0n) is 13.6. The molecule has 3 rings (SSSR count). The normalized spacial score (nSPS) is 18.3. The van der Waals surface area contributed by atoms with E-state index >= 15 is 0 Å². The summed E-state index contributed by atoms with van der Waals surface area (Å²) in [6.45, 7) is 3.71. The molecule has 1 saturated heterocycles. The summed E-state index contributed by atoms with van der Waals surface area (Å²) in [5.74, 6) is 0.909. The van der Waals surface area contributed by atoms with E-state index in [-0.39, 0.29) is 0 Å². The molecule has 0 bridgehead atoms. The van der Waals surface area contributed by atoms with E-state index in [1.54, 1.807) is 7.11 Å². The molecule has 1 aliphatic heterocycles. The van der Waals surface area contributed by atoms with Gasteiger partial charge in [0.2, 0.25) is 0 Å². The second-order valence-electron chi connectivity index (χ2n) is 5.97. The van der Waals surface area contributed by atoms with E-state index in [1.807, 2.05) is 18.2 Å². The van der Waals surface area contributed by atoms with Crippen LogP contribution in [0.4, 0.5) is 0 Å². The number of ether oxygens (including phenoxy) is 1. The second-order valence-corrected chi connectivity index (χ2v) is 6.41. The van der Waals surface area contributed by atoms with Crippen molar-refractivity contribution in [3.8, 4) is 5.75 Å². The summed E-state index contributed by atoms with van der Waals surface area (Å²) in [5.41, 5.74) is 3.83. The first-order chi connectivity index (χ1) is 11.2. The van der Waals surface area contributed by atoms with Crippen LogP contribution in [-0.4, -0.2) is 24.8 Å². The van der Waals surface area contributed by atoms with E-state index in [0.717, 1.165) is 36.8 Å². The number of methoxy groups -OCH3 is 1. The van der Waals surface area contributed by atoms with Crippen LogP contribution in [0.25, 0.3) is 0 Å². The Morgan fingerprint density at radius 2 is 2.00 bits per heavy atom. The van der Waals surface area contributed by atoms with Crippen molar-refractivity contribution in [2.24, 2.45) is 0 Å². The summed E-state index contributed by atoms with van der Waals surface area (Å²) in [6.07, 6.45) is 2.04. The molecular weight excluding hydrogens is 310 g/mol. The van der Waals surface area contributed by atoms with Crippen LogP contribution in [0.2, 0.25) is 5.02 Å². The fraction of sp³-hybridized carbons (Fsp3) is 0.368. The van der Waals surface area contributed by atoms with Crippen molar-refractivity contribution < 1.29 is 9.57 Å². The van der Waals surface area contributed by atoms with E-state index in [4.69, 9.17) is 21.2 Å². The Morgan fingerprint density at radius 1 is 1.22 bits per heavy atom. The number of nitrogens with zero attached hydrogens (tertiary/aromatic N) is 1. The molecular formula is C19H22ClNO2. The minimum Gasteiger partial charge on any atom is -0.497 e. The lowest BCUT2D eigenvalue weighted by Crippen LogP contribution is -2.29. The molecule has 1 unspecified atom stereocenters. The third-order valence-electron chi connectivity index (χ3n) is 4.37. The van der Waals surface area contributed by atoms with Crippen molar-refractivity contribution >= 4 is 11.6 Å². The van der Waals surface area contributed by atoms with Gasteiger partial charge in [0.05, 0.1) is 13.7 Å². The molecule has 0 amide bonds. The Hall–Kier alpha value is -1.55. The fourth-order valence-electron chi connectivity index (χ4n) is 2.98. The van der Waals surface area contributed by atoms with Crippen LogP contribution < -0.4 is 4.74 Å². The quantitative estimate of drug-likeness (QED) is 0.810. The van der Waals surface area contributed by atoms with Gasteiger partial charge < -0.3 is 4.74 Å². The smallest absolute Gasteiger partial charge is 0.119 e. The third kappa shape index (κ3) is 4.05. The molecule has 0 aromatic heterocycles. The molecule has 0 radical (unpaired) electrons. The lowest BCUT2D eigenvalue weighted by Gasteiger charge is -2.23. The van der Waals surface area contributed by atoms with Gasteiger partial charge in [-0.1, -0.05) is 29.8 Å². The molecule has 4 heteroatoms.